The number of oxime groups is 1. The third-order valence-electron chi connectivity index (χ3n) is 2.33. The summed E-state index contributed by atoms with van der Waals surface area (Å²) >= 11 is 0. The molecule has 0 amide bonds. The van der Waals surface area contributed by atoms with Gasteiger partial charge in [0.2, 0.25) is 0 Å². The molecular formula is C10H20N2O2. The highest BCUT2D eigenvalue weighted by Crippen LogP contribution is 1.96. The largest absolute Gasteiger partial charge is 0.394 e. The van der Waals surface area contributed by atoms with Gasteiger partial charge in [0.05, 0.1) is 18.9 Å². The van der Waals surface area contributed by atoms with E-state index in [1.165, 1.54) is 0 Å². The Labute approximate surface area is 85.9 Å². The van der Waals surface area contributed by atoms with Crippen LogP contribution in [-0.4, -0.2) is 50.1 Å². The van der Waals surface area contributed by atoms with Crippen molar-refractivity contribution in [3.05, 3.63) is 0 Å². The summed E-state index contributed by atoms with van der Waals surface area (Å²) in [6.45, 7) is 9.40. The van der Waals surface area contributed by atoms with Crippen LogP contribution in [0.25, 0.3) is 0 Å². The van der Waals surface area contributed by atoms with Crippen molar-refractivity contribution in [3.63, 3.8) is 0 Å². The zero-order valence-corrected chi connectivity index (χ0v) is 9.16. The minimum atomic E-state index is 0.678. The Hall–Kier alpha value is -0.610. The monoisotopic (exact) mass is 200 g/mol. The molecule has 1 aliphatic rings. The molecule has 1 rings (SSSR count). The summed E-state index contributed by atoms with van der Waals surface area (Å²) in [5.74, 6) is 0. The average molecular weight is 200 g/mol. The second kappa shape index (κ2) is 6.79. The van der Waals surface area contributed by atoms with Crippen LogP contribution >= 0.6 is 0 Å². The summed E-state index contributed by atoms with van der Waals surface area (Å²) in [4.78, 5) is 7.53. The molecule has 0 spiro atoms. The van der Waals surface area contributed by atoms with Crippen LogP contribution in [0, 0.1) is 0 Å². The number of rotatable bonds is 5. The molecule has 1 heterocycles. The van der Waals surface area contributed by atoms with E-state index in [0.717, 1.165) is 45.0 Å². The zero-order valence-electron chi connectivity index (χ0n) is 9.16. The molecule has 4 heteroatoms. The van der Waals surface area contributed by atoms with Gasteiger partial charge in [0.25, 0.3) is 0 Å². The normalized spacial score (nSPS) is 19.7. The van der Waals surface area contributed by atoms with Crippen molar-refractivity contribution in [2.75, 3.05) is 39.5 Å². The van der Waals surface area contributed by atoms with Crippen molar-refractivity contribution in [3.8, 4) is 0 Å². The highest BCUT2D eigenvalue weighted by Gasteiger charge is 2.09. The topological polar surface area (TPSA) is 34.1 Å². The van der Waals surface area contributed by atoms with E-state index in [0.29, 0.717) is 6.61 Å². The fraction of sp³-hybridized carbons (Fsp3) is 0.900. The Morgan fingerprint density at radius 1 is 1.43 bits per heavy atom. The van der Waals surface area contributed by atoms with Crippen LogP contribution in [0.5, 0.6) is 0 Å². The Morgan fingerprint density at radius 3 is 2.79 bits per heavy atom. The van der Waals surface area contributed by atoms with Crippen LogP contribution in [0.3, 0.4) is 0 Å². The maximum atomic E-state index is 5.25. The van der Waals surface area contributed by atoms with Crippen molar-refractivity contribution >= 4 is 5.71 Å². The van der Waals surface area contributed by atoms with E-state index in [-0.39, 0.29) is 0 Å². The molecular weight excluding hydrogens is 180 g/mol. The van der Waals surface area contributed by atoms with E-state index in [1.54, 1.807) is 0 Å². The zero-order chi connectivity index (χ0) is 10.2. The summed E-state index contributed by atoms with van der Waals surface area (Å²) in [7, 11) is 0. The number of hydrogen-bond acceptors (Lipinski definition) is 4. The summed E-state index contributed by atoms with van der Waals surface area (Å²) in [6, 6.07) is 0. The molecule has 82 valence electrons. The lowest BCUT2D eigenvalue weighted by Crippen LogP contribution is -2.38. The summed E-state index contributed by atoms with van der Waals surface area (Å²) in [5.41, 5.74) is 1.05. The molecule has 0 unspecified atom stereocenters. The number of hydrogen-bond donors (Lipinski definition) is 0. The van der Waals surface area contributed by atoms with Crippen LogP contribution in [0.2, 0.25) is 0 Å². The van der Waals surface area contributed by atoms with E-state index < -0.39 is 0 Å². The molecule has 0 atom stereocenters. The Kier molecular flexibility index (Phi) is 5.56. The smallest absolute Gasteiger partial charge is 0.129 e. The quantitative estimate of drug-likeness (QED) is 0.379. The summed E-state index contributed by atoms with van der Waals surface area (Å²) < 4.78 is 5.25. The van der Waals surface area contributed by atoms with Gasteiger partial charge in [-0.15, -0.1) is 0 Å². The predicted octanol–water partition coefficient (Wildman–Crippen LogP) is 1.12. The van der Waals surface area contributed by atoms with Gasteiger partial charge in [-0.25, -0.2) is 0 Å². The lowest BCUT2D eigenvalue weighted by Gasteiger charge is -2.25. The molecule has 4 nitrogen and oxygen atoms in total. The van der Waals surface area contributed by atoms with Crippen molar-refractivity contribution < 1.29 is 9.57 Å². The van der Waals surface area contributed by atoms with Crippen molar-refractivity contribution in [1.82, 2.24) is 4.90 Å². The fourth-order valence-electron chi connectivity index (χ4n) is 1.22. The van der Waals surface area contributed by atoms with Gasteiger partial charge in [-0.3, -0.25) is 4.90 Å². The molecule has 1 fully saturated rings. The maximum absolute atomic E-state index is 5.25. The molecule has 0 bridgehead atoms. The van der Waals surface area contributed by atoms with E-state index in [9.17, 15) is 0 Å². The second-order valence-electron chi connectivity index (χ2n) is 3.47. The average Bonchev–Trinajstić information content (AvgIpc) is 2.25. The molecule has 14 heavy (non-hydrogen) atoms. The predicted molar refractivity (Wildman–Crippen MR) is 56.6 cm³/mol. The second-order valence-corrected chi connectivity index (χ2v) is 3.47. The molecule has 0 aromatic rings. The van der Waals surface area contributed by atoms with Crippen molar-refractivity contribution in [2.24, 2.45) is 5.16 Å². The van der Waals surface area contributed by atoms with Gasteiger partial charge in [-0.05, 0) is 13.3 Å². The molecule has 0 aliphatic carbocycles. The number of morpholine rings is 1. The molecule has 0 radical (unpaired) electrons. The van der Waals surface area contributed by atoms with E-state index in [4.69, 9.17) is 9.57 Å². The first-order valence-electron chi connectivity index (χ1n) is 5.28. The van der Waals surface area contributed by atoms with Crippen molar-refractivity contribution in [2.45, 2.75) is 20.3 Å². The van der Waals surface area contributed by atoms with Crippen LogP contribution in [0.1, 0.15) is 20.3 Å². The third kappa shape index (κ3) is 4.58. The number of ether oxygens (including phenoxy) is 1. The lowest BCUT2D eigenvalue weighted by atomic mass is 10.3. The minimum Gasteiger partial charge on any atom is -0.394 e. The molecule has 0 N–H and O–H groups in total. The molecule has 0 saturated carbocycles. The van der Waals surface area contributed by atoms with E-state index >= 15 is 0 Å². The molecule has 1 saturated heterocycles. The van der Waals surface area contributed by atoms with Crippen molar-refractivity contribution in [1.29, 1.82) is 0 Å². The Morgan fingerprint density at radius 2 is 2.14 bits per heavy atom. The Bertz CT molecular complexity index is 177. The summed E-state index contributed by atoms with van der Waals surface area (Å²) in [6.07, 6.45) is 0.956. The Balaban J connectivity index is 2.02. The lowest BCUT2D eigenvalue weighted by molar-refractivity contribution is 0.0211. The molecule has 0 aromatic heterocycles. The van der Waals surface area contributed by atoms with Gasteiger partial charge in [0.1, 0.15) is 6.61 Å². The van der Waals surface area contributed by atoms with Gasteiger partial charge in [-0.1, -0.05) is 12.1 Å². The third-order valence-corrected chi connectivity index (χ3v) is 2.33. The fourth-order valence-corrected chi connectivity index (χ4v) is 1.22. The van der Waals surface area contributed by atoms with Gasteiger partial charge in [-0.2, -0.15) is 0 Å². The van der Waals surface area contributed by atoms with Crippen LogP contribution in [-0.2, 0) is 9.57 Å². The van der Waals surface area contributed by atoms with Crippen LogP contribution in [0.4, 0.5) is 0 Å². The number of nitrogens with zero attached hydrogens (tertiary/aromatic N) is 2. The van der Waals surface area contributed by atoms with E-state index in [1.807, 2.05) is 6.92 Å². The standard InChI is InChI=1S/C10H20N2O2/c1-3-10(2)11-14-9-6-12-4-7-13-8-5-12/h3-9H2,1-2H3/b11-10-. The van der Waals surface area contributed by atoms with Crippen LogP contribution < -0.4 is 0 Å². The molecule has 1 aliphatic heterocycles. The molecule has 0 aromatic carbocycles. The first-order valence-corrected chi connectivity index (χ1v) is 5.28. The van der Waals surface area contributed by atoms with Gasteiger partial charge in [0, 0.05) is 19.6 Å². The SMILES string of the molecule is CC/C(C)=N\OCCN1CCOCC1. The maximum Gasteiger partial charge on any atom is 0.129 e. The minimum absolute atomic E-state index is 0.678. The first kappa shape index (κ1) is 11.5. The van der Waals surface area contributed by atoms with Gasteiger partial charge < -0.3 is 9.57 Å². The van der Waals surface area contributed by atoms with E-state index in [2.05, 4.69) is 17.0 Å². The van der Waals surface area contributed by atoms with Gasteiger partial charge >= 0.3 is 0 Å². The highest BCUT2D eigenvalue weighted by molar-refractivity contribution is 5.80. The summed E-state index contributed by atoms with van der Waals surface area (Å²) in [5, 5.41) is 3.99. The highest BCUT2D eigenvalue weighted by atomic mass is 16.6. The first-order chi connectivity index (χ1) is 6.83. The van der Waals surface area contributed by atoms with Gasteiger partial charge in [0.15, 0.2) is 0 Å². The van der Waals surface area contributed by atoms with Crippen LogP contribution in [0.15, 0.2) is 5.16 Å².